The Morgan fingerprint density at radius 3 is 2.33 bits per heavy atom. The van der Waals surface area contributed by atoms with Crippen LogP contribution in [0.1, 0.15) is 54.6 Å². The monoisotopic (exact) mass is 383 g/mol. The number of amides is 1. The third-order valence-electron chi connectivity index (χ3n) is 7.02. The van der Waals surface area contributed by atoms with Crippen molar-refractivity contribution in [2.24, 2.45) is 23.2 Å². The first-order chi connectivity index (χ1) is 13.0. The average Bonchev–Trinajstić information content (AvgIpc) is 2.94. The van der Waals surface area contributed by atoms with Crippen molar-refractivity contribution in [3.63, 3.8) is 0 Å². The quantitative estimate of drug-likeness (QED) is 0.825. The van der Waals surface area contributed by atoms with Crippen molar-refractivity contribution in [3.05, 3.63) is 46.7 Å². The molecule has 0 spiro atoms. The van der Waals surface area contributed by atoms with E-state index in [1.54, 1.807) is 4.68 Å². The molecule has 1 heterocycles. The van der Waals surface area contributed by atoms with Crippen LogP contribution in [-0.4, -0.2) is 22.2 Å². The van der Waals surface area contributed by atoms with Gasteiger partial charge in [0, 0.05) is 6.54 Å². The van der Waals surface area contributed by atoms with Crippen molar-refractivity contribution in [2.45, 2.75) is 45.4 Å². The molecule has 6 rings (SSSR count). The molecule has 0 unspecified atom stereocenters. The minimum absolute atomic E-state index is 0.0876. The van der Waals surface area contributed by atoms with Crippen LogP contribution in [0.3, 0.4) is 0 Å². The Morgan fingerprint density at radius 2 is 1.74 bits per heavy atom. The van der Waals surface area contributed by atoms with Crippen LogP contribution in [0.15, 0.2) is 30.3 Å². The molecule has 4 saturated carbocycles. The zero-order valence-electron chi connectivity index (χ0n) is 15.7. The SMILES string of the molecule is Cc1nn(-c2ccccc2)c(Cl)c1C(=O)NCC12CC3CC(CC(C3)C1)C2. The Balaban J connectivity index is 1.34. The first kappa shape index (κ1) is 17.3. The van der Waals surface area contributed by atoms with E-state index in [9.17, 15) is 4.79 Å². The van der Waals surface area contributed by atoms with Gasteiger partial charge in [-0.1, -0.05) is 29.8 Å². The fourth-order valence-electron chi connectivity index (χ4n) is 6.36. The highest BCUT2D eigenvalue weighted by Gasteiger charge is 2.50. The molecule has 27 heavy (non-hydrogen) atoms. The van der Waals surface area contributed by atoms with Gasteiger partial charge in [-0.15, -0.1) is 0 Å². The van der Waals surface area contributed by atoms with Crippen LogP contribution in [0, 0.1) is 30.1 Å². The van der Waals surface area contributed by atoms with E-state index in [0.717, 1.165) is 30.0 Å². The molecule has 4 aliphatic rings. The van der Waals surface area contributed by atoms with E-state index in [-0.39, 0.29) is 5.91 Å². The summed E-state index contributed by atoms with van der Waals surface area (Å²) < 4.78 is 1.65. The molecule has 4 fully saturated rings. The molecular weight excluding hydrogens is 358 g/mol. The Labute approximate surface area is 165 Å². The highest BCUT2D eigenvalue weighted by molar-refractivity contribution is 6.33. The molecule has 4 nitrogen and oxygen atoms in total. The van der Waals surface area contributed by atoms with Gasteiger partial charge in [-0.25, -0.2) is 4.68 Å². The normalized spacial score (nSPS) is 31.3. The topological polar surface area (TPSA) is 46.9 Å². The molecule has 1 amide bonds. The predicted molar refractivity (Wildman–Crippen MR) is 106 cm³/mol. The number of hydrogen-bond donors (Lipinski definition) is 1. The summed E-state index contributed by atoms with van der Waals surface area (Å²) in [5.41, 5.74) is 2.36. The van der Waals surface area contributed by atoms with Gasteiger partial charge in [0.15, 0.2) is 0 Å². The van der Waals surface area contributed by atoms with Crippen LogP contribution < -0.4 is 5.32 Å². The molecule has 0 aliphatic heterocycles. The van der Waals surface area contributed by atoms with Crippen molar-refractivity contribution in [3.8, 4) is 5.69 Å². The zero-order chi connectivity index (χ0) is 18.6. The zero-order valence-corrected chi connectivity index (χ0v) is 16.5. The highest BCUT2D eigenvalue weighted by Crippen LogP contribution is 2.59. The lowest BCUT2D eigenvalue weighted by Gasteiger charge is -2.56. The molecule has 4 aliphatic carbocycles. The summed E-state index contributed by atoms with van der Waals surface area (Å²) in [6.45, 7) is 2.63. The molecule has 2 aromatic rings. The number of nitrogens with zero attached hydrogens (tertiary/aromatic N) is 2. The molecule has 0 radical (unpaired) electrons. The number of hydrogen-bond acceptors (Lipinski definition) is 2. The highest BCUT2D eigenvalue weighted by atomic mass is 35.5. The summed E-state index contributed by atoms with van der Waals surface area (Å²) in [5.74, 6) is 2.58. The maximum Gasteiger partial charge on any atom is 0.256 e. The maximum atomic E-state index is 13.0. The van der Waals surface area contributed by atoms with Crippen LogP contribution in [0.5, 0.6) is 0 Å². The lowest BCUT2D eigenvalue weighted by molar-refractivity contribution is -0.0503. The number of nitrogens with one attached hydrogen (secondary N) is 1. The van der Waals surface area contributed by atoms with Crippen molar-refractivity contribution < 1.29 is 4.79 Å². The van der Waals surface area contributed by atoms with Gasteiger partial charge in [0.1, 0.15) is 5.15 Å². The molecule has 0 atom stereocenters. The lowest BCUT2D eigenvalue weighted by Crippen LogP contribution is -2.51. The molecule has 142 valence electrons. The summed E-state index contributed by atoms with van der Waals surface area (Å²) in [6.07, 6.45) is 8.12. The van der Waals surface area contributed by atoms with Gasteiger partial charge in [0.25, 0.3) is 5.91 Å². The van der Waals surface area contributed by atoms with Crippen LogP contribution in [0.2, 0.25) is 5.15 Å². The number of halogens is 1. The Morgan fingerprint density at radius 1 is 1.15 bits per heavy atom. The number of carbonyl (C=O) groups is 1. The van der Waals surface area contributed by atoms with Crippen LogP contribution in [0.4, 0.5) is 0 Å². The van der Waals surface area contributed by atoms with Crippen molar-refractivity contribution >= 4 is 17.5 Å². The second-order valence-corrected chi connectivity index (χ2v) is 9.46. The summed E-state index contributed by atoms with van der Waals surface area (Å²) >= 11 is 6.55. The van der Waals surface area contributed by atoms with Gasteiger partial charge >= 0.3 is 0 Å². The van der Waals surface area contributed by atoms with E-state index in [4.69, 9.17) is 11.6 Å². The van der Waals surface area contributed by atoms with Crippen molar-refractivity contribution in [2.75, 3.05) is 6.54 Å². The summed E-state index contributed by atoms with van der Waals surface area (Å²) in [7, 11) is 0. The number of aryl methyl sites for hydroxylation is 1. The third kappa shape index (κ3) is 2.98. The molecule has 0 saturated heterocycles. The van der Waals surface area contributed by atoms with Crippen LogP contribution in [-0.2, 0) is 0 Å². The van der Waals surface area contributed by atoms with Crippen molar-refractivity contribution in [1.29, 1.82) is 0 Å². The standard InChI is InChI=1S/C22H26ClN3O/c1-14-19(20(23)26(25-14)18-5-3-2-4-6-18)21(27)24-13-22-10-15-7-16(11-22)9-17(8-15)12-22/h2-6,15-17H,7-13H2,1H3,(H,24,27). The Kier molecular flexibility index (Phi) is 4.08. The van der Waals surface area contributed by atoms with Gasteiger partial charge in [-0.2, -0.15) is 5.10 Å². The first-order valence-electron chi connectivity index (χ1n) is 10.1. The van der Waals surface area contributed by atoms with Crippen LogP contribution in [0.25, 0.3) is 5.69 Å². The predicted octanol–water partition coefficient (Wildman–Crippen LogP) is 4.78. The fourth-order valence-corrected chi connectivity index (χ4v) is 6.72. The van der Waals surface area contributed by atoms with E-state index >= 15 is 0 Å². The Hall–Kier alpha value is -1.81. The number of benzene rings is 1. The fraction of sp³-hybridized carbons (Fsp3) is 0.545. The van der Waals surface area contributed by atoms with E-state index < -0.39 is 0 Å². The van der Waals surface area contributed by atoms with E-state index in [0.29, 0.717) is 21.8 Å². The maximum absolute atomic E-state index is 13.0. The Bertz CT molecular complexity index is 838. The lowest BCUT2D eigenvalue weighted by atomic mass is 9.49. The molecule has 4 bridgehead atoms. The molecule has 1 N–H and O–H groups in total. The second kappa shape index (κ2) is 6.37. The number of rotatable bonds is 4. The van der Waals surface area contributed by atoms with Gasteiger partial charge in [-0.3, -0.25) is 4.79 Å². The van der Waals surface area contributed by atoms with E-state index in [1.807, 2.05) is 37.3 Å². The summed E-state index contributed by atoms with van der Waals surface area (Å²) in [4.78, 5) is 13.0. The number of para-hydroxylation sites is 1. The minimum atomic E-state index is -0.0876. The smallest absolute Gasteiger partial charge is 0.256 e. The third-order valence-corrected chi connectivity index (χ3v) is 7.37. The van der Waals surface area contributed by atoms with Crippen molar-refractivity contribution in [1.82, 2.24) is 15.1 Å². The van der Waals surface area contributed by atoms with Crippen LogP contribution >= 0.6 is 11.6 Å². The molecule has 1 aromatic carbocycles. The molecular formula is C22H26ClN3O. The van der Waals surface area contributed by atoms with Gasteiger partial charge in [0.05, 0.1) is 16.9 Å². The average molecular weight is 384 g/mol. The molecule has 5 heteroatoms. The minimum Gasteiger partial charge on any atom is -0.351 e. The molecule has 1 aromatic heterocycles. The summed E-state index contributed by atoms with van der Waals surface area (Å²) in [5, 5.41) is 8.12. The largest absolute Gasteiger partial charge is 0.351 e. The first-order valence-corrected chi connectivity index (χ1v) is 10.5. The van der Waals surface area contributed by atoms with E-state index in [1.165, 1.54) is 38.5 Å². The van der Waals surface area contributed by atoms with Gasteiger partial charge in [0.2, 0.25) is 0 Å². The van der Waals surface area contributed by atoms with Gasteiger partial charge < -0.3 is 5.32 Å². The van der Waals surface area contributed by atoms with Gasteiger partial charge in [-0.05, 0) is 80.8 Å². The second-order valence-electron chi connectivity index (χ2n) is 9.10. The number of aromatic nitrogens is 2. The summed E-state index contributed by atoms with van der Waals surface area (Å²) in [6, 6.07) is 9.71. The number of carbonyl (C=O) groups excluding carboxylic acids is 1. The van der Waals surface area contributed by atoms with E-state index in [2.05, 4.69) is 10.4 Å².